The van der Waals surface area contributed by atoms with Crippen LogP contribution in [0.3, 0.4) is 0 Å². The van der Waals surface area contributed by atoms with Crippen LogP contribution in [0.4, 0.5) is 0 Å². The molecule has 0 saturated carbocycles. The molecule has 0 aromatic carbocycles. The van der Waals surface area contributed by atoms with Crippen molar-refractivity contribution in [1.29, 1.82) is 0 Å². The van der Waals surface area contributed by atoms with E-state index in [1.807, 2.05) is 0 Å². The van der Waals surface area contributed by atoms with Crippen LogP contribution in [0.2, 0.25) is 0 Å². The summed E-state index contributed by atoms with van der Waals surface area (Å²) in [5.74, 6) is -1.01. The zero-order valence-corrected chi connectivity index (χ0v) is 6.97. The highest BCUT2D eigenvalue weighted by Crippen LogP contribution is 2.13. The van der Waals surface area contributed by atoms with Crippen molar-refractivity contribution in [1.82, 2.24) is 0 Å². The summed E-state index contributed by atoms with van der Waals surface area (Å²) in [6.45, 7) is 0. The van der Waals surface area contributed by atoms with Crippen LogP contribution in [0.25, 0.3) is 0 Å². The number of carboxylic acids is 1. The molecule has 0 aliphatic heterocycles. The normalized spacial score (nSPS) is 22.5. The van der Waals surface area contributed by atoms with Crippen LogP contribution in [0.15, 0.2) is 29.7 Å². The number of aliphatic hydroxyl groups is 1. The summed E-state index contributed by atoms with van der Waals surface area (Å²) in [5, 5.41) is 17.4. The number of carboxylic acid groups (broad SMARTS) is 1. The predicted octanol–water partition coefficient (Wildman–Crippen LogP) is 0.571. The van der Waals surface area contributed by atoms with E-state index < -0.39 is 12.0 Å². The number of nitrogens with two attached hydrogens (primary N) is 1. The Kier molecular flexibility index (Phi) is 2.90. The summed E-state index contributed by atoms with van der Waals surface area (Å²) in [4.78, 5) is 10.4. The molecule has 0 spiro atoms. The van der Waals surface area contributed by atoms with Gasteiger partial charge in [0.15, 0.2) is 5.76 Å². The standard InChI is InChI=1S/C9H11NO3/c10-8(9(12)13)5-6-1-3-7(11)4-2-6/h1-3,6,8,11H,5,10H2,(H,12,13)/t6?,8-/m0/s1. The van der Waals surface area contributed by atoms with Crippen LogP contribution in [0.5, 0.6) is 0 Å². The van der Waals surface area contributed by atoms with Gasteiger partial charge in [-0.2, -0.15) is 0 Å². The maximum atomic E-state index is 10.4. The van der Waals surface area contributed by atoms with Crippen LogP contribution in [-0.2, 0) is 4.79 Å². The summed E-state index contributed by atoms with van der Waals surface area (Å²) in [6.07, 6.45) is 5.12. The molecule has 1 rings (SSSR count). The fourth-order valence-electron chi connectivity index (χ4n) is 1.05. The van der Waals surface area contributed by atoms with E-state index in [1.54, 1.807) is 12.2 Å². The summed E-state index contributed by atoms with van der Waals surface area (Å²) in [5.41, 5.74) is 7.92. The van der Waals surface area contributed by atoms with Gasteiger partial charge in [-0.3, -0.25) is 4.79 Å². The van der Waals surface area contributed by atoms with Crippen LogP contribution in [0.1, 0.15) is 6.42 Å². The van der Waals surface area contributed by atoms with Gasteiger partial charge in [0.25, 0.3) is 0 Å². The second-order valence-corrected chi connectivity index (χ2v) is 2.90. The largest absolute Gasteiger partial charge is 0.501 e. The van der Waals surface area contributed by atoms with Gasteiger partial charge in [-0.1, -0.05) is 11.8 Å². The molecule has 0 aromatic heterocycles. The van der Waals surface area contributed by atoms with Crippen LogP contribution in [-0.4, -0.2) is 22.2 Å². The second kappa shape index (κ2) is 3.94. The lowest BCUT2D eigenvalue weighted by Gasteiger charge is -2.11. The SMILES string of the molecule is N[C@@H](CC1C=C=C(O)C=C1)C(=O)O. The van der Waals surface area contributed by atoms with Crippen molar-refractivity contribution in [3.8, 4) is 0 Å². The summed E-state index contributed by atoms with van der Waals surface area (Å²) >= 11 is 0. The maximum Gasteiger partial charge on any atom is 0.320 e. The van der Waals surface area contributed by atoms with E-state index in [0.717, 1.165) is 0 Å². The molecule has 4 heteroatoms. The fraction of sp³-hybridized carbons (Fsp3) is 0.333. The maximum absolute atomic E-state index is 10.4. The number of hydrogen-bond donors (Lipinski definition) is 3. The van der Waals surface area contributed by atoms with E-state index in [2.05, 4.69) is 5.73 Å². The van der Waals surface area contributed by atoms with Gasteiger partial charge in [0.05, 0.1) is 0 Å². The summed E-state index contributed by atoms with van der Waals surface area (Å²) in [6, 6.07) is -0.868. The molecule has 0 bridgehead atoms. The Bertz CT molecular complexity index is 300. The third-order valence-electron chi connectivity index (χ3n) is 1.79. The second-order valence-electron chi connectivity index (χ2n) is 2.90. The van der Waals surface area contributed by atoms with E-state index in [4.69, 9.17) is 15.9 Å². The molecule has 0 saturated heterocycles. The van der Waals surface area contributed by atoms with E-state index in [0.29, 0.717) is 6.42 Å². The topological polar surface area (TPSA) is 83.5 Å². The molecule has 70 valence electrons. The zero-order valence-electron chi connectivity index (χ0n) is 6.97. The Balaban J connectivity index is 2.54. The monoisotopic (exact) mass is 181 g/mol. The van der Waals surface area contributed by atoms with Gasteiger partial charge in [0, 0.05) is 5.92 Å². The highest BCUT2D eigenvalue weighted by Gasteiger charge is 2.15. The zero-order chi connectivity index (χ0) is 9.84. The minimum absolute atomic E-state index is 0.0537. The van der Waals surface area contributed by atoms with Crippen molar-refractivity contribution >= 4 is 5.97 Å². The lowest BCUT2D eigenvalue weighted by atomic mass is 9.97. The van der Waals surface area contributed by atoms with Gasteiger partial charge in [0.1, 0.15) is 6.04 Å². The van der Waals surface area contributed by atoms with Crippen molar-refractivity contribution < 1.29 is 15.0 Å². The number of carbonyl (C=O) groups is 1. The first-order chi connectivity index (χ1) is 6.09. The summed E-state index contributed by atoms with van der Waals surface area (Å²) in [7, 11) is 0. The molecule has 0 fully saturated rings. The smallest absolute Gasteiger partial charge is 0.320 e. The van der Waals surface area contributed by atoms with Gasteiger partial charge in [-0.15, -0.1) is 0 Å². The van der Waals surface area contributed by atoms with Gasteiger partial charge in [-0.25, -0.2) is 0 Å². The molecule has 4 N–H and O–H groups in total. The molecule has 4 nitrogen and oxygen atoms in total. The van der Waals surface area contributed by atoms with Crippen LogP contribution < -0.4 is 5.73 Å². The van der Waals surface area contributed by atoms with Gasteiger partial charge < -0.3 is 15.9 Å². The number of aliphatic hydroxyl groups excluding tert-OH is 1. The Hall–Kier alpha value is -1.51. The molecule has 0 radical (unpaired) electrons. The number of aliphatic carboxylic acids is 1. The number of rotatable bonds is 3. The van der Waals surface area contributed by atoms with E-state index >= 15 is 0 Å². The Labute approximate surface area is 75.7 Å². The van der Waals surface area contributed by atoms with E-state index in [1.165, 1.54) is 6.08 Å². The molecule has 0 aromatic rings. The van der Waals surface area contributed by atoms with Crippen LogP contribution in [0, 0.1) is 5.92 Å². The van der Waals surface area contributed by atoms with Crippen molar-refractivity contribution in [3.05, 3.63) is 29.7 Å². The first-order valence-corrected chi connectivity index (χ1v) is 3.92. The van der Waals surface area contributed by atoms with Crippen molar-refractivity contribution in [2.45, 2.75) is 12.5 Å². The van der Waals surface area contributed by atoms with Crippen molar-refractivity contribution in [3.63, 3.8) is 0 Å². The third kappa shape index (κ3) is 2.78. The van der Waals surface area contributed by atoms with E-state index in [9.17, 15) is 4.79 Å². The molecule has 0 amide bonds. The molecular formula is C9H11NO3. The first kappa shape index (κ1) is 9.58. The molecule has 0 heterocycles. The lowest BCUT2D eigenvalue weighted by Crippen LogP contribution is -2.31. The van der Waals surface area contributed by atoms with Gasteiger partial charge >= 0.3 is 5.97 Å². The minimum Gasteiger partial charge on any atom is -0.501 e. The molecule has 1 aliphatic carbocycles. The molecule has 13 heavy (non-hydrogen) atoms. The molecule has 2 atom stereocenters. The lowest BCUT2D eigenvalue weighted by molar-refractivity contribution is -0.138. The molecule has 1 aliphatic rings. The van der Waals surface area contributed by atoms with Crippen LogP contribution >= 0.6 is 0 Å². The van der Waals surface area contributed by atoms with Crippen molar-refractivity contribution in [2.75, 3.05) is 0 Å². The Morgan fingerprint density at radius 1 is 1.77 bits per heavy atom. The average Bonchev–Trinajstić information content (AvgIpc) is 2.08. The summed E-state index contributed by atoms with van der Waals surface area (Å²) < 4.78 is 0. The highest BCUT2D eigenvalue weighted by atomic mass is 16.4. The quantitative estimate of drug-likeness (QED) is 0.556. The van der Waals surface area contributed by atoms with Gasteiger partial charge in [0.2, 0.25) is 0 Å². The van der Waals surface area contributed by atoms with Gasteiger partial charge in [-0.05, 0) is 18.6 Å². The Morgan fingerprint density at radius 3 is 2.92 bits per heavy atom. The predicted molar refractivity (Wildman–Crippen MR) is 47.1 cm³/mol. The van der Waals surface area contributed by atoms with Crippen molar-refractivity contribution in [2.24, 2.45) is 11.7 Å². The third-order valence-corrected chi connectivity index (χ3v) is 1.79. The average molecular weight is 181 g/mol. The minimum atomic E-state index is -1.01. The number of allylic oxidation sites excluding steroid dienone is 2. The van der Waals surface area contributed by atoms with E-state index in [-0.39, 0.29) is 11.7 Å². The number of hydrogen-bond acceptors (Lipinski definition) is 3. The highest BCUT2D eigenvalue weighted by molar-refractivity contribution is 5.73. The molecule has 1 unspecified atom stereocenters. The first-order valence-electron chi connectivity index (χ1n) is 3.92. The molecular weight excluding hydrogens is 170 g/mol. The fourth-order valence-corrected chi connectivity index (χ4v) is 1.05. The Morgan fingerprint density at radius 2 is 2.46 bits per heavy atom.